The number of nitrogens with one attached hydrogen (secondary N) is 1. The van der Waals surface area contributed by atoms with E-state index in [2.05, 4.69) is 5.32 Å². The summed E-state index contributed by atoms with van der Waals surface area (Å²) in [6, 6.07) is 8.81. The number of hydrogen-bond donors (Lipinski definition) is 2. The third-order valence-electron chi connectivity index (χ3n) is 4.24. The number of benzene rings is 1. The number of nitrogens with zero attached hydrogens (tertiary/aromatic N) is 1. The minimum atomic E-state index is -1.08. The monoisotopic (exact) mass is 432 g/mol. The van der Waals surface area contributed by atoms with Crippen LogP contribution in [0.4, 0.5) is 0 Å². The smallest absolute Gasteiger partial charge is 0.326 e. The Hall–Kier alpha value is -2.45. The van der Waals surface area contributed by atoms with Gasteiger partial charge >= 0.3 is 5.97 Å². The number of carboxylic acids is 1. The minimum Gasteiger partial charge on any atom is -0.480 e. The van der Waals surface area contributed by atoms with Crippen LogP contribution in [0.3, 0.4) is 0 Å². The van der Waals surface area contributed by atoms with Gasteiger partial charge in [0.15, 0.2) is 0 Å². The molecule has 1 saturated heterocycles. The highest BCUT2D eigenvalue weighted by Crippen LogP contribution is 2.32. The van der Waals surface area contributed by atoms with E-state index >= 15 is 0 Å². The zero-order valence-corrected chi connectivity index (χ0v) is 18.2. The molecule has 8 heteroatoms. The summed E-state index contributed by atoms with van der Waals surface area (Å²) in [4.78, 5) is 37.8. The molecule has 1 aromatic rings. The summed E-state index contributed by atoms with van der Waals surface area (Å²) in [5.41, 5.74) is 1.95. The Morgan fingerprint density at radius 1 is 1.28 bits per heavy atom. The van der Waals surface area contributed by atoms with Crippen LogP contribution < -0.4 is 5.32 Å². The van der Waals surface area contributed by atoms with Crippen molar-refractivity contribution in [3.05, 3.63) is 52.4 Å². The van der Waals surface area contributed by atoms with Crippen LogP contribution in [-0.4, -0.2) is 44.7 Å². The molecule has 1 heterocycles. The van der Waals surface area contributed by atoms with Crippen molar-refractivity contribution in [1.29, 1.82) is 0 Å². The highest BCUT2D eigenvalue weighted by Gasteiger charge is 2.32. The number of thioether (sulfide) groups is 1. The van der Waals surface area contributed by atoms with Crippen LogP contribution >= 0.6 is 24.0 Å². The molecule has 2 amide bonds. The van der Waals surface area contributed by atoms with Gasteiger partial charge in [-0.2, -0.15) is 0 Å². The molecule has 0 radical (unpaired) electrons. The van der Waals surface area contributed by atoms with Gasteiger partial charge in [-0.05, 0) is 30.1 Å². The van der Waals surface area contributed by atoms with Crippen molar-refractivity contribution in [2.24, 2.45) is 5.92 Å². The lowest BCUT2D eigenvalue weighted by atomic mass is 10.0. The molecular weight excluding hydrogens is 408 g/mol. The van der Waals surface area contributed by atoms with Crippen LogP contribution in [0.2, 0.25) is 0 Å². The molecule has 0 aliphatic carbocycles. The maximum atomic E-state index is 12.7. The fourth-order valence-corrected chi connectivity index (χ4v) is 4.08. The first-order valence-corrected chi connectivity index (χ1v) is 10.4. The van der Waals surface area contributed by atoms with Crippen molar-refractivity contribution in [3.63, 3.8) is 0 Å². The molecule has 6 nitrogen and oxygen atoms in total. The third-order valence-corrected chi connectivity index (χ3v) is 5.62. The van der Waals surface area contributed by atoms with E-state index in [0.717, 1.165) is 11.1 Å². The highest BCUT2D eigenvalue weighted by atomic mass is 32.2. The standard InChI is InChI=1S/C21H24N2O4S2/c1-13(2)18(20(26)27)22-17(24)9-10-23-19(25)16(29-21(23)28)12-14(3)11-15-7-5-4-6-8-15/h4-8,11-13,18H,9-10H2,1-3H3,(H,22,24)(H,26,27)/b14-11+,16-12+/t18-/m1/s1. The molecule has 0 aromatic heterocycles. The Balaban J connectivity index is 1.99. The zero-order chi connectivity index (χ0) is 21.6. The van der Waals surface area contributed by atoms with Gasteiger partial charge < -0.3 is 10.4 Å². The molecule has 154 valence electrons. The van der Waals surface area contributed by atoms with Crippen molar-refractivity contribution >= 4 is 52.2 Å². The average Bonchev–Trinajstić information content (AvgIpc) is 2.91. The molecule has 0 unspecified atom stereocenters. The lowest BCUT2D eigenvalue weighted by Crippen LogP contribution is -2.45. The van der Waals surface area contributed by atoms with Crippen molar-refractivity contribution in [2.45, 2.75) is 33.2 Å². The second-order valence-corrected chi connectivity index (χ2v) is 8.69. The second-order valence-electron chi connectivity index (χ2n) is 7.01. The Morgan fingerprint density at radius 3 is 2.52 bits per heavy atom. The number of thiocarbonyl (C=S) groups is 1. The van der Waals surface area contributed by atoms with Gasteiger partial charge in [0.2, 0.25) is 5.91 Å². The summed E-state index contributed by atoms with van der Waals surface area (Å²) in [5.74, 6) is -1.99. The van der Waals surface area contributed by atoms with Gasteiger partial charge in [0.25, 0.3) is 5.91 Å². The van der Waals surface area contributed by atoms with Crippen LogP contribution in [0.25, 0.3) is 6.08 Å². The van der Waals surface area contributed by atoms with E-state index in [1.54, 1.807) is 19.9 Å². The summed E-state index contributed by atoms with van der Waals surface area (Å²) in [5, 5.41) is 11.7. The van der Waals surface area contributed by atoms with E-state index in [-0.39, 0.29) is 24.8 Å². The lowest BCUT2D eigenvalue weighted by molar-refractivity contribution is -0.143. The normalized spacial score (nSPS) is 17.2. The number of rotatable bonds is 8. The Kier molecular flexibility index (Phi) is 8.16. The molecule has 2 N–H and O–H groups in total. The molecule has 0 spiro atoms. The summed E-state index contributed by atoms with van der Waals surface area (Å²) in [6.07, 6.45) is 3.73. The van der Waals surface area contributed by atoms with Gasteiger partial charge in [-0.15, -0.1) is 0 Å². The summed E-state index contributed by atoms with van der Waals surface area (Å²) < 4.78 is 0.389. The van der Waals surface area contributed by atoms with Crippen molar-refractivity contribution in [1.82, 2.24) is 10.2 Å². The minimum absolute atomic E-state index is 0.0188. The molecule has 1 aliphatic heterocycles. The summed E-state index contributed by atoms with van der Waals surface area (Å²) >= 11 is 6.48. The highest BCUT2D eigenvalue weighted by molar-refractivity contribution is 8.26. The molecule has 29 heavy (non-hydrogen) atoms. The van der Waals surface area contributed by atoms with Crippen LogP contribution in [0.15, 0.2) is 46.9 Å². The molecule has 1 aromatic carbocycles. The van der Waals surface area contributed by atoms with Gasteiger partial charge in [0.1, 0.15) is 10.4 Å². The SMILES string of the molecule is CC(=C\c1ccccc1)/C=C1/SC(=S)N(CCC(=O)N[C@@H](C(=O)O)C(C)C)C1=O. The van der Waals surface area contributed by atoms with Gasteiger partial charge in [0.05, 0.1) is 4.91 Å². The molecule has 0 bridgehead atoms. The quantitative estimate of drug-likeness (QED) is 0.483. The van der Waals surface area contributed by atoms with E-state index in [9.17, 15) is 14.4 Å². The summed E-state index contributed by atoms with van der Waals surface area (Å²) in [6.45, 7) is 5.46. The van der Waals surface area contributed by atoms with Crippen molar-refractivity contribution in [2.75, 3.05) is 6.54 Å². The van der Waals surface area contributed by atoms with E-state index in [1.165, 1.54) is 16.7 Å². The maximum absolute atomic E-state index is 12.7. The van der Waals surface area contributed by atoms with Crippen molar-refractivity contribution < 1.29 is 19.5 Å². The second kappa shape index (κ2) is 10.4. The number of carboxylic acid groups (broad SMARTS) is 1. The van der Waals surface area contributed by atoms with Gasteiger partial charge in [-0.1, -0.05) is 74.2 Å². The first-order chi connectivity index (χ1) is 13.7. The average molecular weight is 433 g/mol. The van der Waals surface area contributed by atoms with Gasteiger partial charge in [0, 0.05) is 13.0 Å². The van der Waals surface area contributed by atoms with Crippen LogP contribution in [-0.2, 0) is 14.4 Å². The van der Waals surface area contributed by atoms with E-state index in [1.807, 2.05) is 43.3 Å². The predicted octanol–water partition coefficient (Wildman–Crippen LogP) is 3.45. The number of aliphatic carboxylic acids is 1. The van der Waals surface area contributed by atoms with Crippen molar-refractivity contribution in [3.8, 4) is 0 Å². The van der Waals surface area contributed by atoms with E-state index < -0.39 is 17.9 Å². The van der Waals surface area contributed by atoms with E-state index in [4.69, 9.17) is 17.3 Å². The maximum Gasteiger partial charge on any atom is 0.326 e. The van der Waals surface area contributed by atoms with Crippen LogP contribution in [0.5, 0.6) is 0 Å². The molecule has 2 rings (SSSR count). The number of carbonyl (C=O) groups is 3. The number of carbonyl (C=O) groups excluding carboxylic acids is 2. The fraction of sp³-hybridized carbons (Fsp3) is 0.333. The topological polar surface area (TPSA) is 86.7 Å². The number of amides is 2. The Morgan fingerprint density at radius 2 is 1.93 bits per heavy atom. The van der Waals surface area contributed by atoms with Crippen LogP contribution in [0.1, 0.15) is 32.8 Å². The predicted molar refractivity (Wildman–Crippen MR) is 119 cm³/mol. The molecular formula is C21H24N2O4S2. The largest absolute Gasteiger partial charge is 0.480 e. The first-order valence-electron chi connectivity index (χ1n) is 9.20. The Labute approximate surface area is 180 Å². The third kappa shape index (κ3) is 6.54. The van der Waals surface area contributed by atoms with Gasteiger partial charge in [-0.3, -0.25) is 14.5 Å². The molecule has 1 fully saturated rings. The molecule has 1 atom stereocenters. The summed E-state index contributed by atoms with van der Waals surface area (Å²) in [7, 11) is 0. The fourth-order valence-electron chi connectivity index (χ4n) is 2.73. The number of hydrogen-bond acceptors (Lipinski definition) is 5. The van der Waals surface area contributed by atoms with Gasteiger partial charge in [-0.25, -0.2) is 4.79 Å². The molecule has 1 aliphatic rings. The first kappa shape index (κ1) is 22.8. The number of allylic oxidation sites excluding steroid dienone is 2. The van der Waals surface area contributed by atoms with Crippen LogP contribution in [0, 0.1) is 5.92 Å². The Bertz CT molecular complexity index is 863. The zero-order valence-electron chi connectivity index (χ0n) is 16.5. The lowest BCUT2D eigenvalue weighted by Gasteiger charge is -2.19. The molecule has 0 saturated carbocycles. The van der Waals surface area contributed by atoms with E-state index in [0.29, 0.717) is 9.23 Å².